The van der Waals surface area contributed by atoms with E-state index >= 15 is 0 Å². The van der Waals surface area contributed by atoms with Crippen LogP contribution in [0.15, 0.2) is 30.5 Å². The van der Waals surface area contributed by atoms with Crippen LogP contribution in [-0.4, -0.2) is 35.5 Å². The minimum absolute atomic E-state index is 0.0923. The monoisotopic (exact) mass is 366 g/mol. The molecule has 3 rings (SSSR count). The second kappa shape index (κ2) is 8.98. The van der Waals surface area contributed by atoms with Gasteiger partial charge in [-0.3, -0.25) is 4.79 Å². The molecule has 27 heavy (non-hydrogen) atoms. The zero-order valence-electron chi connectivity index (χ0n) is 16.7. The number of carbonyl (C=O) groups excluding carboxylic acids is 1. The Bertz CT molecular complexity index is 784. The minimum atomic E-state index is -0.0923. The van der Waals surface area contributed by atoms with Gasteiger partial charge < -0.3 is 10.2 Å². The lowest BCUT2D eigenvalue weighted by atomic mass is 9.94. The van der Waals surface area contributed by atoms with Crippen LogP contribution >= 0.6 is 0 Å². The number of hydrogen-bond donors (Lipinski definition) is 1. The molecule has 0 spiro atoms. The fourth-order valence-corrected chi connectivity index (χ4v) is 3.70. The van der Waals surface area contributed by atoms with Gasteiger partial charge in [-0.1, -0.05) is 49.9 Å². The van der Waals surface area contributed by atoms with E-state index < -0.39 is 0 Å². The van der Waals surface area contributed by atoms with Gasteiger partial charge in [-0.15, -0.1) is 0 Å². The van der Waals surface area contributed by atoms with Gasteiger partial charge in [0.05, 0.1) is 0 Å². The quantitative estimate of drug-likeness (QED) is 0.825. The summed E-state index contributed by atoms with van der Waals surface area (Å²) >= 11 is 0. The first-order chi connectivity index (χ1) is 13.1. The van der Waals surface area contributed by atoms with Gasteiger partial charge in [-0.25, -0.2) is 9.97 Å². The first-order valence-electron chi connectivity index (χ1n) is 10.0. The highest BCUT2D eigenvalue weighted by Crippen LogP contribution is 2.28. The maximum absolute atomic E-state index is 12.7. The number of aromatic nitrogens is 2. The average molecular weight is 367 g/mol. The molecule has 0 aliphatic heterocycles. The highest BCUT2D eigenvalue weighted by Gasteiger charge is 2.24. The van der Waals surface area contributed by atoms with Crippen molar-refractivity contribution in [2.24, 2.45) is 0 Å². The van der Waals surface area contributed by atoms with E-state index in [0.29, 0.717) is 24.0 Å². The van der Waals surface area contributed by atoms with E-state index in [9.17, 15) is 4.79 Å². The molecule has 1 aliphatic carbocycles. The molecule has 0 atom stereocenters. The maximum atomic E-state index is 12.7. The summed E-state index contributed by atoms with van der Waals surface area (Å²) in [5.41, 5.74) is 2.71. The van der Waals surface area contributed by atoms with Crippen LogP contribution in [0, 0.1) is 6.92 Å². The smallest absolute Gasteiger partial charge is 0.256 e. The fourth-order valence-electron chi connectivity index (χ4n) is 3.70. The van der Waals surface area contributed by atoms with Gasteiger partial charge in [0, 0.05) is 31.4 Å². The van der Waals surface area contributed by atoms with E-state index in [2.05, 4.69) is 41.3 Å². The van der Waals surface area contributed by atoms with Gasteiger partial charge in [-0.2, -0.15) is 0 Å². The fraction of sp³-hybridized carbons (Fsp3) is 0.500. The second-order valence-corrected chi connectivity index (χ2v) is 7.46. The lowest BCUT2D eigenvalue weighted by molar-refractivity contribution is 0.0953. The number of amides is 1. The molecule has 1 amide bonds. The number of benzene rings is 1. The van der Waals surface area contributed by atoms with Crippen molar-refractivity contribution in [2.75, 3.05) is 18.5 Å². The highest BCUT2D eigenvalue weighted by molar-refractivity contribution is 5.98. The molecular weight excluding hydrogens is 336 g/mol. The zero-order valence-corrected chi connectivity index (χ0v) is 16.7. The maximum Gasteiger partial charge on any atom is 0.256 e. The molecule has 0 unspecified atom stereocenters. The van der Waals surface area contributed by atoms with Crippen molar-refractivity contribution in [1.82, 2.24) is 15.3 Å². The summed E-state index contributed by atoms with van der Waals surface area (Å²) in [5, 5.41) is 2.97. The zero-order chi connectivity index (χ0) is 19.2. The van der Waals surface area contributed by atoms with Gasteiger partial charge >= 0.3 is 0 Å². The van der Waals surface area contributed by atoms with Crippen molar-refractivity contribution in [1.29, 1.82) is 0 Å². The first kappa shape index (κ1) is 19.3. The van der Waals surface area contributed by atoms with Crippen LogP contribution in [-0.2, 0) is 0 Å². The lowest BCUT2D eigenvalue weighted by Crippen LogP contribution is -2.36. The van der Waals surface area contributed by atoms with Crippen LogP contribution in [0.3, 0.4) is 0 Å². The molecule has 1 N–H and O–H groups in total. The molecular formula is C22H30N4O. The normalized spacial score (nSPS) is 14.8. The summed E-state index contributed by atoms with van der Waals surface area (Å²) in [5.74, 6) is 1.32. The van der Waals surface area contributed by atoms with E-state index in [1.165, 1.54) is 24.8 Å². The van der Waals surface area contributed by atoms with E-state index in [0.717, 1.165) is 30.6 Å². The van der Waals surface area contributed by atoms with Gasteiger partial charge in [0.25, 0.3) is 5.91 Å². The van der Waals surface area contributed by atoms with Gasteiger partial charge in [0.2, 0.25) is 0 Å². The van der Waals surface area contributed by atoms with E-state index in [1.807, 2.05) is 19.1 Å². The molecule has 5 nitrogen and oxygen atoms in total. The van der Waals surface area contributed by atoms with E-state index in [-0.39, 0.29) is 5.91 Å². The van der Waals surface area contributed by atoms with Crippen LogP contribution < -0.4 is 10.2 Å². The van der Waals surface area contributed by atoms with Crippen LogP contribution in [0.4, 0.5) is 5.82 Å². The third-order valence-electron chi connectivity index (χ3n) is 5.28. The lowest BCUT2D eigenvalue weighted by Gasteiger charge is -2.33. The summed E-state index contributed by atoms with van der Waals surface area (Å²) in [7, 11) is 2.06. The van der Waals surface area contributed by atoms with Gasteiger partial charge in [-0.05, 0) is 32.3 Å². The molecule has 1 aromatic heterocycles. The molecule has 2 aromatic rings. The Hall–Kier alpha value is -2.43. The number of nitrogens with one attached hydrogen (secondary N) is 1. The summed E-state index contributed by atoms with van der Waals surface area (Å²) in [6, 6.07) is 8.60. The second-order valence-electron chi connectivity index (χ2n) is 7.46. The van der Waals surface area contributed by atoms with Crippen molar-refractivity contribution in [3.63, 3.8) is 0 Å². The molecule has 0 saturated heterocycles. The summed E-state index contributed by atoms with van der Waals surface area (Å²) in [6.45, 7) is 4.77. The summed E-state index contributed by atoms with van der Waals surface area (Å²) < 4.78 is 0. The number of hydrogen-bond acceptors (Lipinski definition) is 4. The largest absolute Gasteiger partial charge is 0.356 e. The predicted octanol–water partition coefficient (Wildman–Crippen LogP) is 4.36. The van der Waals surface area contributed by atoms with Crippen LogP contribution in [0.1, 0.15) is 61.4 Å². The SMILES string of the molecule is CCCNC(=O)c1cnc(-c2cccc(C)c2)nc1N(C)C1CCCCC1. The molecule has 144 valence electrons. The third-order valence-corrected chi connectivity index (χ3v) is 5.28. The van der Waals surface area contributed by atoms with Crippen LogP contribution in [0.2, 0.25) is 0 Å². The Morgan fingerprint density at radius 3 is 2.74 bits per heavy atom. The van der Waals surface area contributed by atoms with E-state index in [1.54, 1.807) is 6.20 Å². The van der Waals surface area contributed by atoms with Crippen molar-refractivity contribution in [3.8, 4) is 11.4 Å². The molecule has 1 aromatic carbocycles. The topological polar surface area (TPSA) is 58.1 Å². The number of nitrogens with zero attached hydrogens (tertiary/aromatic N) is 3. The molecule has 0 bridgehead atoms. The van der Waals surface area contributed by atoms with Crippen molar-refractivity contribution >= 4 is 11.7 Å². The van der Waals surface area contributed by atoms with Crippen molar-refractivity contribution < 1.29 is 4.79 Å². The number of rotatable bonds is 6. The number of anilines is 1. The Morgan fingerprint density at radius 2 is 2.04 bits per heavy atom. The molecule has 1 saturated carbocycles. The van der Waals surface area contributed by atoms with Crippen molar-refractivity contribution in [2.45, 2.75) is 58.4 Å². The summed E-state index contributed by atoms with van der Waals surface area (Å²) in [4.78, 5) is 24.2. The Labute approximate surface area is 162 Å². The first-order valence-corrected chi connectivity index (χ1v) is 10.0. The standard InChI is InChI=1S/C22H30N4O/c1-4-13-23-22(27)19-15-24-20(17-10-8-9-16(2)14-17)25-21(19)26(3)18-11-6-5-7-12-18/h8-10,14-15,18H,4-7,11-13H2,1-3H3,(H,23,27). The molecule has 0 radical (unpaired) electrons. The molecule has 5 heteroatoms. The van der Waals surface area contributed by atoms with Crippen LogP contribution in [0.25, 0.3) is 11.4 Å². The molecule has 1 aliphatic rings. The number of carbonyl (C=O) groups is 1. The van der Waals surface area contributed by atoms with Crippen LogP contribution in [0.5, 0.6) is 0 Å². The summed E-state index contributed by atoms with van der Waals surface area (Å²) in [6.07, 6.45) is 8.66. The average Bonchev–Trinajstić information content (AvgIpc) is 2.71. The predicted molar refractivity (Wildman–Crippen MR) is 110 cm³/mol. The molecule has 1 fully saturated rings. The Kier molecular flexibility index (Phi) is 6.43. The molecule has 1 heterocycles. The van der Waals surface area contributed by atoms with Crippen molar-refractivity contribution in [3.05, 3.63) is 41.6 Å². The minimum Gasteiger partial charge on any atom is -0.356 e. The van der Waals surface area contributed by atoms with E-state index in [4.69, 9.17) is 4.98 Å². The third kappa shape index (κ3) is 4.65. The Balaban J connectivity index is 1.98. The number of aryl methyl sites for hydroxylation is 1. The Morgan fingerprint density at radius 1 is 1.26 bits per heavy atom. The van der Waals surface area contributed by atoms with Gasteiger partial charge in [0.15, 0.2) is 5.82 Å². The highest BCUT2D eigenvalue weighted by atomic mass is 16.1. The van der Waals surface area contributed by atoms with Gasteiger partial charge in [0.1, 0.15) is 11.4 Å².